The van der Waals surface area contributed by atoms with Crippen LogP contribution in [0.3, 0.4) is 0 Å². The van der Waals surface area contributed by atoms with Crippen LogP contribution in [-0.2, 0) is 50.1 Å². The molecule has 0 unspecified atom stereocenters. The average molecular weight is 565 g/mol. The van der Waals surface area contributed by atoms with Crippen LogP contribution in [0.1, 0.15) is 28.7 Å². The highest BCUT2D eigenvalue weighted by Gasteiger charge is 2.56. The highest BCUT2D eigenvalue weighted by molar-refractivity contribution is 5.17. The van der Waals surface area contributed by atoms with E-state index in [1.54, 1.807) is 0 Å². The van der Waals surface area contributed by atoms with Crippen molar-refractivity contribution in [1.29, 1.82) is 0 Å². The number of benzene rings is 4. The van der Waals surface area contributed by atoms with E-state index in [-0.39, 0.29) is 12.2 Å². The number of hydrogen-bond acceptors (Lipinski definition) is 5. The molecule has 0 spiro atoms. The van der Waals surface area contributed by atoms with Crippen molar-refractivity contribution < 1.29 is 23.7 Å². The highest BCUT2D eigenvalue weighted by atomic mass is 16.6. The molecule has 4 aromatic rings. The lowest BCUT2D eigenvalue weighted by Gasteiger charge is -2.34. The quantitative estimate of drug-likeness (QED) is 0.134. The van der Waals surface area contributed by atoms with Gasteiger partial charge in [-0.05, 0) is 28.7 Å². The van der Waals surface area contributed by atoms with E-state index in [9.17, 15) is 0 Å². The molecule has 1 aliphatic rings. The van der Waals surface area contributed by atoms with Crippen LogP contribution in [-0.4, -0.2) is 37.1 Å². The Morgan fingerprint density at radius 2 is 1.05 bits per heavy atom. The van der Waals surface area contributed by atoms with Crippen molar-refractivity contribution in [3.05, 3.63) is 156 Å². The molecule has 1 aliphatic heterocycles. The molecule has 1 fully saturated rings. The standard InChI is InChI=1S/C37H40O5/c1-2-23-37(29-39-25-31-17-9-4-10-18-31)36(41-27-33-21-13-6-14-22-33)35(40-26-32-19-11-5-12-20-32)34(42-37)28-38-24-30-15-7-3-8-16-30/h2-22,34-36H,1,23-29H2/t34-,35-,36+,37-/m1/s1. The van der Waals surface area contributed by atoms with E-state index in [0.29, 0.717) is 46.1 Å². The smallest absolute Gasteiger partial charge is 0.124 e. The maximum absolute atomic E-state index is 6.90. The molecule has 1 heterocycles. The van der Waals surface area contributed by atoms with Crippen molar-refractivity contribution >= 4 is 0 Å². The average Bonchev–Trinajstić information content (AvgIpc) is 3.32. The first-order chi connectivity index (χ1) is 20.8. The Bertz CT molecular complexity index is 1320. The summed E-state index contributed by atoms with van der Waals surface area (Å²) in [7, 11) is 0. The van der Waals surface area contributed by atoms with Gasteiger partial charge in [0.05, 0.1) is 39.6 Å². The van der Waals surface area contributed by atoms with Gasteiger partial charge in [-0.3, -0.25) is 0 Å². The zero-order valence-electron chi connectivity index (χ0n) is 24.1. The van der Waals surface area contributed by atoms with Gasteiger partial charge in [0.15, 0.2) is 0 Å². The lowest BCUT2D eigenvalue weighted by Crippen LogP contribution is -2.49. The Labute approximate surface area is 249 Å². The Morgan fingerprint density at radius 3 is 1.55 bits per heavy atom. The summed E-state index contributed by atoms with van der Waals surface area (Å²) in [6.07, 6.45) is 1.26. The van der Waals surface area contributed by atoms with Crippen molar-refractivity contribution in [2.45, 2.75) is 56.8 Å². The maximum atomic E-state index is 6.90. The first kappa shape index (κ1) is 29.9. The first-order valence-electron chi connectivity index (χ1n) is 14.6. The van der Waals surface area contributed by atoms with Gasteiger partial charge in [-0.2, -0.15) is 0 Å². The van der Waals surface area contributed by atoms with E-state index in [0.717, 1.165) is 22.3 Å². The van der Waals surface area contributed by atoms with Gasteiger partial charge in [-0.15, -0.1) is 6.58 Å². The van der Waals surface area contributed by atoms with Gasteiger partial charge >= 0.3 is 0 Å². The van der Waals surface area contributed by atoms with Crippen LogP contribution in [0.2, 0.25) is 0 Å². The van der Waals surface area contributed by atoms with Crippen LogP contribution in [0.4, 0.5) is 0 Å². The van der Waals surface area contributed by atoms with Gasteiger partial charge in [0.2, 0.25) is 0 Å². The van der Waals surface area contributed by atoms with Crippen molar-refractivity contribution in [1.82, 2.24) is 0 Å². The molecule has 0 aromatic heterocycles. The summed E-state index contributed by atoms with van der Waals surface area (Å²) < 4.78 is 32.8. The molecule has 5 nitrogen and oxygen atoms in total. The van der Waals surface area contributed by atoms with Crippen LogP contribution >= 0.6 is 0 Å². The van der Waals surface area contributed by atoms with E-state index in [2.05, 4.69) is 55.1 Å². The number of ether oxygens (including phenoxy) is 5. The second-order valence-corrected chi connectivity index (χ2v) is 10.7. The van der Waals surface area contributed by atoms with Crippen LogP contribution in [0, 0.1) is 0 Å². The molecule has 0 N–H and O–H groups in total. The van der Waals surface area contributed by atoms with E-state index in [1.165, 1.54) is 0 Å². The lowest BCUT2D eigenvalue weighted by molar-refractivity contribution is -0.152. The summed E-state index contributed by atoms with van der Waals surface area (Å²) in [6.45, 7) is 6.57. The molecule has 1 saturated heterocycles. The highest BCUT2D eigenvalue weighted by Crippen LogP contribution is 2.40. The summed E-state index contributed by atoms with van der Waals surface area (Å²) in [5.74, 6) is 0. The Kier molecular flexibility index (Phi) is 11.1. The monoisotopic (exact) mass is 564 g/mol. The minimum absolute atomic E-state index is 0.327. The zero-order valence-corrected chi connectivity index (χ0v) is 24.1. The van der Waals surface area contributed by atoms with E-state index < -0.39 is 11.7 Å². The molecule has 0 aliphatic carbocycles. The second-order valence-electron chi connectivity index (χ2n) is 10.7. The van der Waals surface area contributed by atoms with Gasteiger partial charge in [0.25, 0.3) is 0 Å². The molecule has 0 saturated carbocycles. The maximum Gasteiger partial charge on any atom is 0.124 e. The van der Waals surface area contributed by atoms with Crippen molar-refractivity contribution in [3.63, 3.8) is 0 Å². The van der Waals surface area contributed by atoms with Gasteiger partial charge in [0.1, 0.15) is 23.9 Å². The fourth-order valence-corrected chi connectivity index (χ4v) is 5.39. The van der Waals surface area contributed by atoms with Gasteiger partial charge in [-0.1, -0.05) is 127 Å². The predicted molar refractivity (Wildman–Crippen MR) is 165 cm³/mol. The van der Waals surface area contributed by atoms with Crippen LogP contribution in [0.25, 0.3) is 0 Å². The molecular formula is C37H40O5. The summed E-state index contributed by atoms with van der Waals surface area (Å²) in [4.78, 5) is 0. The number of rotatable bonds is 16. The molecular weight excluding hydrogens is 524 g/mol. The van der Waals surface area contributed by atoms with Gasteiger partial charge in [0, 0.05) is 0 Å². The largest absolute Gasteiger partial charge is 0.374 e. The normalized spacial score (nSPS) is 21.8. The lowest BCUT2D eigenvalue weighted by atomic mass is 9.91. The topological polar surface area (TPSA) is 46.2 Å². The van der Waals surface area contributed by atoms with Gasteiger partial charge < -0.3 is 23.7 Å². The van der Waals surface area contributed by atoms with E-state index in [4.69, 9.17) is 23.7 Å². The SMILES string of the molecule is C=CC[C@]1(COCc2ccccc2)O[C@H](COCc2ccccc2)[C@@H](OCc2ccccc2)[C@@H]1OCc1ccccc1. The molecule has 0 amide bonds. The predicted octanol–water partition coefficient (Wildman–Crippen LogP) is 7.30. The van der Waals surface area contributed by atoms with Crippen molar-refractivity contribution in [3.8, 4) is 0 Å². The minimum Gasteiger partial charge on any atom is -0.374 e. The third-order valence-electron chi connectivity index (χ3n) is 7.47. The van der Waals surface area contributed by atoms with E-state index in [1.807, 2.05) is 78.9 Å². The third kappa shape index (κ3) is 8.25. The van der Waals surface area contributed by atoms with Crippen LogP contribution < -0.4 is 0 Å². The van der Waals surface area contributed by atoms with Crippen LogP contribution in [0.15, 0.2) is 134 Å². The zero-order chi connectivity index (χ0) is 28.9. The Morgan fingerprint density at radius 1 is 0.595 bits per heavy atom. The molecule has 4 atom stereocenters. The van der Waals surface area contributed by atoms with Gasteiger partial charge in [-0.25, -0.2) is 0 Å². The number of hydrogen-bond donors (Lipinski definition) is 0. The second kappa shape index (κ2) is 15.6. The third-order valence-corrected chi connectivity index (χ3v) is 7.47. The summed E-state index contributed by atoms with van der Waals surface area (Å²) >= 11 is 0. The van der Waals surface area contributed by atoms with Crippen LogP contribution in [0.5, 0.6) is 0 Å². The first-order valence-corrected chi connectivity index (χ1v) is 14.6. The molecule has 218 valence electrons. The minimum atomic E-state index is -0.798. The molecule has 4 aromatic carbocycles. The molecule has 0 radical (unpaired) electrons. The fourth-order valence-electron chi connectivity index (χ4n) is 5.39. The molecule has 5 heteroatoms. The van der Waals surface area contributed by atoms with Crippen molar-refractivity contribution in [2.24, 2.45) is 0 Å². The molecule has 5 rings (SSSR count). The summed E-state index contributed by atoms with van der Waals surface area (Å²) in [5, 5.41) is 0. The summed E-state index contributed by atoms with van der Waals surface area (Å²) in [6, 6.07) is 40.7. The van der Waals surface area contributed by atoms with E-state index >= 15 is 0 Å². The van der Waals surface area contributed by atoms with Crippen molar-refractivity contribution in [2.75, 3.05) is 13.2 Å². The molecule has 0 bridgehead atoms. The summed E-state index contributed by atoms with van der Waals surface area (Å²) in [5.41, 5.74) is 3.59. The Balaban J connectivity index is 1.39. The molecule has 42 heavy (non-hydrogen) atoms. The Hall–Kier alpha value is -3.58. The fraction of sp³-hybridized carbons (Fsp3) is 0.297.